The zero-order valence-electron chi connectivity index (χ0n) is 7.66. The monoisotopic (exact) mass is 190 g/mol. The van der Waals surface area contributed by atoms with Gasteiger partial charge >= 0.3 is 0 Å². The van der Waals surface area contributed by atoms with Gasteiger partial charge in [0.25, 0.3) is 0 Å². The SMILES string of the molecule is CSCCOC1CCC(O)CC1. The molecule has 72 valence electrons. The predicted molar refractivity (Wildman–Crippen MR) is 52.6 cm³/mol. The molecule has 0 aromatic carbocycles. The maximum absolute atomic E-state index is 9.24. The highest BCUT2D eigenvalue weighted by Crippen LogP contribution is 2.20. The number of ether oxygens (including phenoxy) is 1. The molecule has 12 heavy (non-hydrogen) atoms. The van der Waals surface area contributed by atoms with Gasteiger partial charge < -0.3 is 9.84 Å². The summed E-state index contributed by atoms with van der Waals surface area (Å²) in [6.07, 6.45) is 6.36. The lowest BCUT2D eigenvalue weighted by molar-refractivity contribution is 0.00370. The Kier molecular flexibility index (Phi) is 5.04. The van der Waals surface area contributed by atoms with Crippen molar-refractivity contribution >= 4 is 11.8 Å². The Morgan fingerprint density at radius 1 is 1.33 bits per heavy atom. The van der Waals surface area contributed by atoms with Crippen molar-refractivity contribution in [3.8, 4) is 0 Å². The number of aliphatic hydroxyl groups excluding tert-OH is 1. The molecular weight excluding hydrogens is 172 g/mol. The van der Waals surface area contributed by atoms with Crippen molar-refractivity contribution in [1.29, 1.82) is 0 Å². The summed E-state index contributed by atoms with van der Waals surface area (Å²) in [5.74, 6) is 1.08. The highest BCUT2D eigenvalue weighted by atomic mass is 32.2. The third kappa shape index (κ3) is 3.78. The van der Waals surface area contributed by atoms with E-state index in [9.17, 15) is 5.11 Å². The lowest BCUT2D eigenvalue weighted by Crippen LogP contribution is -2.24. The van der Waals surface area contributed by atoms with Crippen LogP contribution in [0.15, 0.2) is 0 Å². The molecule has 0 saturated heterocycles. The minimum absolute atomic E-state index is 0.0644. The summed E-state index contributed by atoms with van der Waals surface area (Å²) in [7, 11) is 0. The summed E-state index contributed by atoms with van der Waals surface area (Å²) in [6, 6.07) is 0. The van der Waals surface area contributed by atoms with E-state index in [4.69, 9.17) is 4.74 Å². The molecule has 1 fully saturated rings. The highest BCUT2D eigenvalue weighted by molar-refractivity contribution is 7.98. The zero-order chi connectivity index (χ0) is 8.81. The number of aliphatic hydroxyl groups is 1. The molecule has 0 unspecified atom stereocenters. The number of rotatable bonds is 4. The van der Waals surface area contributed by atoms with Crippen LogP contribution in [0.1, 0.15) is 25.7 Å². The van der Waals surface area contributed by atoms with Crippen LogP contribution in [0.4, 0.5) is 0 Å². The van der Waals surface area contributed by atoms with Crippen LogP contribution in [0, 0.1) is 0 Å². The summed E-state index contributed by atoms with van der Waals surface area (Å²) >= 11 is 1.82. The summed E-state index contributed by atoms with van der Waals surface area (Å²) < 4.78 is 5.64. The van der Waals surface area contributed by atoms with Crippen molar-refractivity contribution in [2.75, 3.05) is 18.6 Å². The Bertz CT molecular complexity index is 111. The van der Waals surface area contributed by atoms with Gasteiger partial charge in [-0.15, -0.1) is 0 Å². The molecule has 3 heteroatoms. The van der Waals surface area contributed by atoms with Gasteiger partial charge in [-0.25, -0.2) is 0 Å². The lowest BCUT2D eigenvalue weighted by atomic mass is 9.95. The smallest absolute Gasteiger partial charge is 0.0577 e. The topological polar surface area (TPSA) is 29.5 Å². The average molecular weight is 190 g/mol. The van der Waals surface area contributed by atoms with E-state index in [1.165, 1.54) is 0 Å². The van der Waals surface area contributed by atoms with E-state index < -0.39 is 0 Å². The van der Waals surface area contributed by atoms with Crippen LogP contribution in [0.25, 0.3) is 0 Å². The van der Waals surface area contributed by atoms with Crippen LogP contribution in [-0.4, -0.2) is 35.9 Å². The molecule has 0 spiro atoms. The molecule has 1 aliphatic carbocycles. The summed E-state index contributed by atoms with van der Waals surface area (Å²) in [6.45, 7) is 0.863. The second kappa shape index (κ2) is 5.84. The molecule has 0 heterocycles. The van der Waals surface area contributed by atoms with E-state index in [1.54, 1.807) is 0 Å². The quantitative estimate of drug-likeness (QED) is 0.684. The molecular formula is C9H18O2S. The Morgan fingerprint density at radius 3 is 2.58 bits per heavy atom. The van der Waals surface area contributed by atoms with Crippen molar-refractivity contribution in [3.63, 3.8) is 0 Å². The second-order valence-electron chi connectivity index (χ2n) is 3.29. The van der Waals surface area contributed by atoms with Gasteiger partial charge in [-0.2, -0.15) is 11.8 Å². The summed E-state index contributed by atoms with van der Waals surface area (Å²) in [4.78, 5) is 0. The van der Waals surface area contributed by atoms with Gasteiger partial charge in [0.05, 0.1) is 18.8 Å². The molecule has 1 rings (SSSR count). The molecule has 2 nitrogen and oxygen atoms in total. The summed E-state index contributed by atoms with van der Waals surface area (Å²) in [5, 5.41) is 9.24. The van der Waals surface area contributed by atoms with Crippen LogP contribution in [0.5, 0.6) is 0 Å². The van der Waals surface area contributed by atoms with Crippen molar-refractivity contribution < 1.29 is 9.84 Å². The fraction of sp³-hybridized carbons (Fsp3) is 1.00. The first-order chi connectivity index (χ1) is 5.83. The van der Waals surface area contributed by atoms with Gasteiger partial charge in [0.15, 0.2) is 0 Å². The van der Waals surface area contributed by atoms with E-state index >= 15 is 0 Å². The van der Waals surface area contributed by atoms with Gasteiger partial charge in [0.2, 0.25) is 0 Å². The first-order valence-corrected chi connectivity index (χ1v) is 6.01. The fourth-order valence-corrected chi connectivity index (χ4v) is 1.77. The van der Waals surface area contributed by atoms with Crippen LogP contribution in [0.3, 0.4) is 0 Å². The number of hydrogen-bond acceptors (Lipinski definition) is 3. The maximum atomic E-state index is 9.24. The molecule has 0 aromatic heterocycles. The largest absolute Gasteiger partial charge is 0.393 e. The maximum Gasteiger partial charge on any atom is 0.0577 e. The first-order valence-electron chi connectivity index (χ1n) is 4.61. The van der Waals surface area contributed by atoms with Crippen molar-refractivity contribution in [3.05, 3.63) is 0 Å². The average Bonchev–Trinajstić information content (AvgIpc) is 2.09. The highest BCUT2D eigenvalue weighted by Gasteiger charge is 2.19. The van der Waals surface area contributed by atoms with E-state index in [0.29, 0.717) is 6.10 Å². The molecule has 0 amide bonds. The fourth-order valence-electron chi connectivity index (χ4n) is 1.51. The molecule has 1 saturated carbocycles. The van der Waals surface area contributed by atoms with Crippen molar-refractivity contribution in [2.45, 2.75) is 37.9 Å². The van der Waals surface area contributed by atoms with E-state index in [0.717, 1.165) is 38.0 Å². The second-order valence-corrected chi connectivity index (χ2v) is 4.28. The minimum atomic E-state index is -0.0644. The third-order valence-electron chi connectivity index (χ3n) is 2.28. The van der Waals surface area contributed by atoms with E-state index in [1.807, 2.05) is 11.8 Å². The van der Waals surface area contributed by atoms with Gasteiger partial charge in [-0.3, -0.25) is 0 Å². The molecule has 0 radical (unpaired) electrons. The van der Waals surface area contributed by atoms with Gasteiger partial charge in [0, 0.05) is 5.75 Å². The van der Waals surface area contributed by atoms with Crippen LogP contribution < -0.4 is 0 Å². The zero-order valence-corrected chi connectivity index (χ0v) is 8.48. The van der Waals surface area contributed by atoms with Crippen LogP contribution in [0.2, 0.25) is 0 Å². The number of thioether (sulfide) groups is 1. The molecule has 0 atom stereocenters. The van der Waals surface area contributed by atoms with E-state index in [2.05, 4.69) is 6.26 Å². The standard InChI is InChI=1S/C9H18O2S/c1-12-7-6-11-9-4-2-8(10)3-5-9/h8-10H,2-7H2,1H3. The molecule has 1 N–H and O–H groups in total. The van der Waals surface area contributed by atoms with Crippen molar-refractivity contribution in [1.82, 2.24) is 0 Å². The van der Waals surface area contributed by atoms with Gasteiger partial charge in [0.1, 0.15) is 0 Å². The van der Waals surface area contributed by atoms with Crippen molar-refractivity contribution in [2.24, 2.45) is 0 Å². The number of hydrogen-bond donors (Lipinski definition) is 1. The molecule has 1 aliphatic rings. The Morgan fingerprint density at radius 2 is 2.00 bits per heavy atom. The summed E-state index contributed by atoms with van der Waals surface area (Å²) in [5.41, 5.74) is 0. The normalized spacial score (nSPS) is 30.5. The van der Waals surface area contributed by atoms with Crippen LogP contribution in [-0.2, 0) is 4.74 Å². The Labute approximate surface area is 78.7 Å². The molecule has 0 aromatic rings. The van der Waals surface area contributed by atoms with Gasteiger partial charge in [-0.1, -0.05) is 0 Å². The Balaban J connectivity index is 2.01. The predicted octanol–water partition coefficient (Wildman–Crippen LogP) is 1.67. The third-order valence-corrected chi connectivity index (χ3v) is 2.86. The lowest BCUT2D eigenvalue weighted by Gasteiger charge is -2.25. The van der Waals surface area contributed by atoms with Crippen LogP contribution >= 0.6 is 11.8 Å². The van der Waals surface area contributed by atoms with Gasteiger partial charge in [-0.05, 0) is 31.9 Å². The Hall–Kier alpha value is 0.270. The molecule has 0 bridgehead atoms. The van der Waals surface area contributed by atoms with E-state index in [-0.39, 0.29) is 6.10 Å². The first kappa shape index (κ1) is 10.4. The molecule has 0 aliphatic heterocycles. The minimum Gasteiger partial charge on any atom is -0.393 e.